The van der Waals surface area contributed by atoms with Gasteiger partial charge in [0.1, 0.15) is 11.8 Å². The van der Waals surface area contributed by atoms with E-state index in [1.54, 1.807) is 18.5 Å². The molecule has 0 aliphatic rings. The highest BCUT2D eigenvalue weighted by molar-refractivity contribution is 5.81. The lowest BCUT2D eigenvalue weighted by molar-refractivity contribution is 0.373. The van der Waals surface area contributed by atoms with Crippen molar-refractivity contribution >= 4 is 17.0 Å². The van der Waals surface area contributed by atoms with Gasteiger partial charge < -0.3 is 15.2 Å². The van der Waals surface area contributed by atoms with Gasteiger partial charge in [-0.2, -0.15) is 0 Å². The number of fused-ring (bicyclic) bond motifs is 1. The van der Waals surface area contributed by atoms with Crippen molar-refractivity contribution in [1.29, 1.82) is 0 Å². The number of benzene rings is 1. The van der Waals surface area contributed by atoms with E-state index in [0.717, 1.165) is 12.0 Å². The molecule has 2 heterocycles. The van der Waals surface area contributed by atoms with Crippen molar-refractivity contribution in [3.05, 3.63) is 42.5 Å². The Labute approximate surface area is 127 Å². The van der Waals surface area contributed by atoms with Gasteiger partial charge in [0.25, 0.3) is 0 Å². The van der Waals surface area contributed by atoms with Crippen LogP contribution in [0.15, 0.2) is 36.9 Å². The van der Waals surface area contributed by atoms with Crippen LogP contribution in [0.25, 0.3) is 11.2 Å². The molecule has 7 heteroatoms. The van der Waals surface area contributed by atoms with Gasteiger partial charge in [0.05, 0.1) is 7.11 Å². The second-order valence-corrected chi connectivity index (χ2v) is 4.63. The summed E-state index contributed by atoms with van der Waals surface area (Å²) in [7, 11) is 1.53. The molecule has 0 saturated heterocycles. The van der Waals surface area contributed by atoms with Crippen LogP contribution in [0, 0.1) is 0 Å². The molecule has 3 aromatic rings. The Kier molecular flexibility index (Phi) is 3.95. The zero-order valence-corrected chi connectivity index (χ0v) is 12.0. The molecule has 0 unspecified atom stereocenters. The van der Waals surface area contributed by atoms with Crippen molar-refractivity contribution in [1.82, 2.24) is 19.9 Å². The van der Waals surface area contributed by atoms with Gasteiger partial charge >= 0.3 is 0 Å². The third-order valence-corrected chi connectivity index (χ3v) is 3.22. The maximum Gasteiger partial charge on any atom is 0.183 e. The number of aromatic hydroxyl groups is 1. The van der Waals surface area contributed by atoms with Crippen molar-refractivity contribution in [2.24, 2.45) is 0 Å². The van der Waals surface area contributed by atoms with Gasteiger partial charge in [-0.1, -0.05) is 6.07 Å². The van der Waals surface area contributed by atoms with E-state index >= 15 is 0 Å². The molecule has 22 heavy (non-hydrogen) atoms. The van der Waals surface area contributed by atoms with Crippen LogP contribution in [0.3, 0.4) is 0 Å². The lowest BCUT2D eigenvalue weighted by Crippen LogP contribution is -2.08. The third kappa shape index (κ3) is 2.88. The van der Waals surface area contributed by atoms with Crippen LogP contribution >= 0.6 is 0 Å². The smallest absolute Gasteiger partial charge is 0.183 e. The van der Waals surface area contributed by atoms with Crippen LogP contribution in [0.5, 0.6) is 11.5 Å². The number of ether oxygens (including phenoxy) is 1. The fourth-order valence-corrected chi connectivity index (χ4v) is 2.13. The van der Waals surface area contributed by atoms with Gasteiger partial charge in [0, 0.05) is 18.9 Å². The zero-order valence-electron chi connectivity index (χ0n) is 12.0. The maximum atomic E-state index is 9.58. The molecule has 0 atom stereocenters. The molecule has 2 N–H and O–H groups in total. The van der Waals surface area contributed by atoms with E-state index in [-0.39, 0.29) is 5.75 Å². The summed E-state index contributed by atoms with van der Waals surface area (Å²) in [6.45, 7) is 0.663. The number of nitrogens with one attached hydrogen (secondary N) is 1. The highest BCUT2D eigenvalue weighted by Crippen LogP contribution is 2.26. The molecule has 0 fully saturated rings. The first-order valence-corrected chi connectivity index (χ1v) is 6.79. The fourth-order valence-electron chi connectivity index (χ4n) is 2.13. The molecule has 0 amide bonds. The summed E-state index contributed by atoms with van der Waals surface area (Å²) in [5.41, 5.74) is 2.26. The first kappa shape index (κ1) is 14.0. The van der Waals surface area contributed by atoms with Crippen LogP contribution in [0.1, 0.15) is 5.56 Å². The summed E-state index contributed by atoms with van der Waals surface area (Å²) in [5.74, 6) is 1.26. The Balaban J connectivity index is 1.70. The molecule has 0 aliphatic heterocycles. The van der Waals surface area contributed by atoms with Crippen molar-refractivity contribution < 1.29 is 9.84 Å². The lowest BCUT2D eigenvalue weighted by Gasteiger charge is -2.09. The quantitative estimate of drug-likeness (QED) is 0.741. The van der Waals surface area contributed by atoms with Crippen LogP contribution in [0.4, 0.5) is 5.82 Å². The number of hydrogen-bond donors (Lipinski definition) is 2. The minimum absolute atomic E-state index is 0.135. The minimum atomic E-state index is 0.135. The Hall–Kier alpha value is -2.96. The van der Waals surface area contributed by atoms with Gasteiger partial charge in [-0.05, 0) is 24.1 Å². The molecular weight excluding hydrogens is 282 g/mol. The molecule has 0 saturated carbocycles. The number of anilines is 1. The summed E-state index contributed by atoms with van der Waals surface area (Å²) in [6, 6.07) is 5.30. The normalized spacial score (nSPS) is 10.6. The van der Waals surface area contributed by atoms with Crippen molar-refractivity contribution in [2.45, 2.75) is 6.42 Å². The number of hydrogen-bond acceptors (Lipinski definition) is 7. The molecule has 7 nitrogen and oxygen atoms in total. The van der Waals surface area contributed by atoms with Crippen LogP contribution in [0.2, 0.25) is 0 Å². The van der Waals surface area contributed by atoms with Gasteiger partial charge in [0.15, 0.2) is 23.0 Å². The van der Waals surface area contributed by atoms with E-state index < -0.39 is 0 Å². The monoisotopic (exact) mass is 297 g/mol. The van der Waals surface area contributed by atoms with E-state index in [1.165, 1.54) is 13.4 Å². The molecule has 3 rings (SSSR count). The largest absolute Gasteiger partial charge is 0.504 e. The number of methoxy groups -OCH3 is 1. The van der Waals surface area contributed by atoms with Crippen LogP contribution in [-0.4, -0.2) is 38.7 Å². The molecule has 112 valence electrons. The maximum absolute atomic E-state index is 9.58. The Morgan fingerprint density at radius 2 is 2.00 bits per heavy atom. The Morgan fingerprint density at radius 3 is 2.86 bits per heavy atom. The number of aromatic nitrogens is 4. The van der Waals surface area contributed by atoms with Gasteiger partial charge in [-0.15, -0.1) is 0 Å². The molecule has 0 aliphatic carbocycles. The van der Waals surface area contributed by atoms with E-state index in [1.807, 2.05) is 12.1 Å². The van der Waals surface area contributed by atoms with E-state index in [4.69, 9.17) is 4.74 Å². The average Bonchev–Trinajstić information content (AvgIpc) is 2.56. The van der Waals surface area contributed by atoms with E-state index in [2.05, 4.69) is 25.3 Å². The predicted octanol–water partition coefficient (Wildman–Crippen LogP) is 1.79. The Morgan fingerprint density at radius 1 is 1.14 bits per heavy atom. The number of phenols is 1. The first-order valence-electron chi connectivity index (χ1n) is 6.79. The van der Waals surface area contributed by atoms with Gasteiger partial charge in [0.2, 0.25) is 0 Å². The Bertz CT molecular complexity index is 788. The average molecular weight is 297 g/mol. The molecule has 1 aromatic carbocycles. The van der Waals surface area contributed by atoms with Crippen LogP contribution in [-0.2, 0) is 6.42 Å². The highest BCUT2D eigenvalue weighted by Gasteiger charge is 2.06. The molecule has 0 bridgehead atoms. The summed E-state index contributed by atoms with van der Waals surface area (Å²) in [6.07, 6.45) is 5.43. The molecular formula is C15H15N5O2. The number of phenolic OH excluding ortho intramolecular Hbond substituents is 1. The second-order valence-electron chi connectivity index (χ2n) is 4.63. The predicted molar refractivity (Wildman–Crippen MR) is 82.0 cm³/mol. The zero-order chi connectivity index (χ0) is 15.4. The van der Waals surface area contributed by atoms with Gasteiger partial charge in [-0.25, -0.2) is 19.9 Å². The molecule has 0 radical (unpaired) electrons. The standard InChI is InChI=1S/C15H15N5O2/c1-22-12-8-10(2-3-11(12)21)4-5-17-14-13-15(20-9-19-14)18-7-6-16-13/h2-3,6-9,21H,4-5H2,1H3,(H,17,18,19,20). The SMILES string of the molecule is COc1cc(CCNc2ncnc3nccnc23)ccc1O. The topological polar surface area (TPSA) is 93.0 Å². The second kappa shape index (κ2) is 6.21. The summed E-state index contributed by atoms with van der Waals surface area (Å²) >= 11 is 0. The van der Waals surface area contributed by atoms with E-state index in [0.29, 0.717) is 29.3 Å². The number of rotatable bonds is 5. The number of nitrogens with zero attached hydrogens (tertiary/aromatic N) is 4. The third-order valence-electron chi connectivity index (χ3n) is 3.22. The van der Waals surface area contributed by atoms with Crippen LogP contribution < -0.4 is 10.1 Å². The lowest BCUT2D eigenvalue weighted by atomic mass is 10.1. The minimum Gasteiger partial charge on any atom is -0.504 e. The van der Waals surface area contributed by atoms with Gasteiger partial charge in [-0.3, -0.25) is 0 Å². The van der Waals surface area contributed by atoms with E-state index in [9.17, 15) is 5.11 Å². The summed E-state index contributed by atoms with van der Waals surface area (Å²) < 4.78 is 5.10. The summed E-state index contributed by atoms with van der Waals surface area (Å²) in [4.78, 5) is 16.7. The highest BCUT2D eigenvalue weighted by atomic mass is 16.5. The fraction of sp³-hybridized carbons (Fsp3) is 0.200. The first-order chi connectivity index (χ1) is 10.8. The molecule has 2 aromatic heterocycles. The van der Waals surface area contributed by atoms with Crippen molar-refractivity contribution in [2.75, 3.05) is 19.0 Å². The molecule has 0 spiro atoms. The van der Waals surface area contributed by atoms with Crippen molar-refractivity contribution in [3.8, 4) is 11.5 Å². The summed E-state index contributed by atoms with van der Waals surface area (Å²) in [5, 5.41) is 12.8. The van der Waals surface area contributed by atoms with Crippen molar-refractivity contribution in [3.63, 3.8) is 0 Å².